The SMILES string of the molecule is Cc1cc2sc(N3CCOCC3)nc(=O)c2c(C)n1. The van der Waals surface area contributed by atoms with Crippen molar-refractivity contribution in [1.82, 2.24) is 9.97 Å². The Labute approximate surface area is 114 Å². The van der Waals surface area contributed by atoms with Gasteiger partial charge in [0.15, 0.2) is 5.13 Å². The molecule has 0 amide bonds. The van der Waals surface area contributed by atoms with Crippen LogP contribution in [0, 0.1) is 13.8 Å². The zero-order valence-electron chi connectivity index (χ0n) is 11.0. The Bertz CT molecular complexity index is 677. The van der Waals surface area contributed by atoms with Crippen LogP contribution in [0.3, 0.4) is 0 Å². The van der Waals surface area contributed by atoms with Gasteiger partial charge in [-0.15, -0.1) is 0 Å². The largest absolute Gasteiger partial charge is 0.378 e. The number of morpholine rings is 1. The smallest absolute Gasteiger partial charge is 0.282 e. The van der Waals surface area contributed by atoms with Gasteiger partial charge >= 0.3 is 0 Å². The first kappa shape index (κ1) is 12.5. The fourth-order valence-electron chi connectivity index (χ4n) is 2.29. The molecule has 19 heavy (non-hydrogen) atoms. The van der Waals surface area contributed by atoms with Crippen molar-refractivity contribution < 1.29 is 4.74 Å². The number of hydrogen-bond acceptors (Lipinski definition) is 6. The molecule has 2 aromatic heterocycles. The lowest BCUT2D eigenvalue weighted by atomic mass is 10.2. The summed E-state index contributed by atoms with van der Waals surface area (Å²) in [6.07, 6.45) is 0. The minimum absolute atomic E-state index is 0.180. The molecule has 3 heterocycles. The Morgan fingerprint density at radius 1 is 1.26 bits per heavy atom. The summed E-state index contributed by atoms with van der Waals surface area (Å²) < 4.78 is 6.29. The Morgan fingerprint density at radius 3 is 2.74 bits per heavy atom. The molecule has 100 valence electrons. The molecule has 0 aliphatic carbocycles. The fraction of sp³-hybridized carbons (Fsp3) is 0.462. The number of ether oxygens (including phenoxy) is 1. The molecular weight excluding hydrogens is 262 g/mol. The number of aryl methyl sites for hydroxylation is 2. The van der Waals surface area contributed by atoms with Crippen molar-refractivity contribution in [2.45, 2.75) is 13.8 Å². The first-order valence-electron chi connectivity index (χ1n) is 6.27. The van der Waals surface area contributed by atoms with Gasteiger partial charge in [0.05, 0.1) is 24.3 Å². The summed E-state index contributed by atoms with van der Waals surface area (Å²) in [7, 11) is 0. The minimum atomic E-state index is -0.180. The van der Waals surface area contributed by atoms with Gasteiger partial charge in [-0.2, -0.15) is 4.98 Å². The predicted octanol–water partition coefficient (Wildman–Crippen LogP) is 1.50. The molecule has 0 unspecified atom stereocenters. The third kappa shape index (κ3) is 2.33. The molecule has 0 N–H and O–H groups in total. The summed E-state index contributed by atoms with van der Waals surface area (Å²) in [6, 6.07) is 1.96. The van der Waals surface area contributed by atoms with E-state index in [1.165, 1.54) is 0 Å². The summed E-state index contributed by atoms with van der Waals surface area (Å²) in [6.45, 7) is 6.76. The van der Waals surface area contributed by atoms with Gasteiger partial charge in [-0.1, -0.05) is 11.3 Å². The van der Waals surface area contributed by atoms with Gasteiger partial charge in [0, 0.05) is 23.5 Å². The second kappa shape index (κ2) is 4.86. The Morgan fingerprint density at radius 2 is 2.00 bits per heavy atom. The molecule has 0 radical (unpaired) electrons. The third-order valence-electron chi connectivity index (χ3n) is 3.19. The van der Waals surface area contributed by atoms with Crippen LogP contribution in [-0.2, 0) is 4.74 Å². The van der Waals surface area contributed by atoms with Crippen molar-refractivity contribution in [2.75, 3.05) is 31.2 Å². The second-order valence-electron chi connectivity index (χ2n) is 4.62. The quantitative estimate of drug-likeness (QED) is 0.790. The second-order valence-corrected chi connectivity index (χ2v) is 5.63. The van der Waals surface area contributed by atoms with E-state index in [9.17, 15) is 4.79 Å². The fourth-order valence-corrected chi connectivity index (χ4v) is 3.49. The highest BCUT2D eigenvalue weighted by Crippen LogP contribution is 2.26. The first-order chi connectivity index (χ1) is 9.15. The van der Waals surface area contributed by atoms with Gasteiger partial charge in [0.2, 0.25) is 0 Å². The van der Waals surface area contributed by atoms with E-state index in [4.69, 9.17) is 4.74 Å². The first-order valence-corrected chi connectivity index (χ1v) is 7.08. The van der Waals surface area contributed by atoms with Crippen LogP contribution in [0.5, 0.6) is 0 Å². The van der Waals surface area contributed by atoms with Gasteiger partial charge in [-0.3, -0.25) is 9.78 Å². The van der Waals surface area contributed by atoms with E-state index < -0.39 is 0 Å². The van der Waals surface area contributed by atoms with Crippen molar-refractivity contribution >= 4 is 26.6 Å². The number of aromatic nitrogens is 2. The highest BCUT2D eigenvalue weighted by atomic mass is 32.1. The van der Waals surface area contributed by atoms with Crippen molar-refractivity contribution in [3.05, 3.63) is 27.8 Å². The van der Waals surface area contributed by atoms with Crippen LogP contribution < -0.4 is 10.5 Å². The zero-order valence-corrected chi connectivity index (χ0v) is 11.8. The third-order valence-corrected chi connectivity index (χ3v) is 4.26. The molecule has 1 fully saturated rings. The maximum atomic E-state index is 12.2. The summed E-state index contributed by atoms with van der Waals surface area (Å²) in [5, 5.41) is 1.43. The van der Waals surface area contributed by atoms with Gasteiger partial charge in [-0.05, 0) is 19.9 Å². The van der Waals surface area contributed by atoms with Gasteiger partial charge in [0.25, 0.3) is 5.56 Å². The normalized spacial score (nSPS) is 16.0. The number of hydrogen-bond donors (Lipinski definition) is 0. The molecule has 1 aliphatic heterocycles. The maximum absolute atomic E-state index is 12.2. The minimum Gasteiger partial charge on any atom is -0.378 e. The van der Waals surface area contributed by atoms with E-state index in [0.29, 0.717) is 18.6 Å². The lowest BCUT2D eigenvalue weighted by Crippen LogP contribution is -2.37. The van der Waals surface area contributed by atoms with E-state index >= 15 is 0 Å². The molecule has 3 rings (SSSR count). The van der Waals surface area contributed by atoms with Crippen LogP contribution in [0.2, 0.25) is 0 Å². The standard InChI is InChI=1S/C13H15N3O2S/c1-8-7-10-11(9(2)14-8)12(17)15-13(19-10)16-3-5-18-6-4-16/h7H,3-6H2,1-2H3. The Balaban J connectivity index is 2.15. The molecule has 0 aromatic carbocycles. The predicted molar refractivity (Wildman–Crippen MR) is 76.2 cm³/mol. The lowest BCUT2D eigenvalue weighted by Gasteiger charge is -2.26. The van der Waals surface area contributed by atoms with Crippen LogP contribution in [0.4, 0.5) is 5.13 Å². The van der Waals surface area contributed by atoms with E-state index in [-0.39, 0.29) is 5.56 Å². The Hall–Kier alpha value is -1.53. The molecule has 2 aromatic rings. The van der Waals surface area contributed by atoms with Crippen molar-refractivity contribution in [3.8, 4) is 0 Å². The van der Waals surface area contributed by atoms with Crippen molar-refractivity contribution in [2.24, 2.45) is 0 Å². The Kier molecular flexibility index (Phi) is 3.20. The van der Waals surface area contributed by atoms with Gasteiger partial charge in [0.1, 0.15) is 0 Å². The van der Waals surface area contributed by atoms with Gasteiger partial charge in [-0.25, -0.2) is 0 Å². The van der Waals surface area contributed by atoms with Crippen LogP contribution in [0.25, 0.3) is 10.1 Å². The van der Waals surface area contributed by atoms with Crippen LogP contribution in [-0.4, -0.2) is 36.3 Å². The van der Waals surface area contributed by atoms with Crippen LogP contribution in [0.1, 0.15) is 11.4 Å². The van der Waals surface area contributed by atoms with Crippen molar-refractivity contribution in [3.63, 3.8) is 0 Å². The summed E-state index contributed by atoms with van der Waals surface area (Å²) in [5.74, 6) is 0. The molecule has 5 nitrogen and oxygen atoms in total. The topological polar surface area (TPSA) is 55.3 Å². The van der Waals surface area contributed by atoms with Crippen LogP contribution in [0.15, 0.2) is 10.9 Å². The lowest BCUT2D eigenvalue weighted by molar-refractivity contribution is 0.122. The molecule has 6 heteroatoms. The summed E-state index contributed by atoms with van der Waals surface area (Å²) in [5.41, 5.74) is 1.51. The highest BCUT2D eigenvalue weighted by Gasteiger charge is 2.16. The number of anilines is 1. The number of rotatable bonds is 1. The van der Waals surface area contributed by atoms with Gasteiger partial charge < -0.3 is 9.64 Å². The summed E-state index contributed by atoms with van der Waals surface area (Å²) >= 11 is 1.56. The molecule has 0 bridgehead atoms. The van der Waals surface area contributed by atoms with E-state index in [2.05, 4.69) is 14.9 Å². The molecule has 1 saturated heterocycles. The molecule has 0 saturated carbocycles. The molecule has 0 atom stereocenters. The monoisotopic (exact) mass is 277 g/mol. The number of pyridine rings is 1. The highest BCUT2D eigenvalue weighted by molar-refractivity contribution is 7.21. The zero-order chi connectivity index (χ0) is 13.4. The molecule has 0 spiro atoms. The van der Waals surface area contributed by atoms with Crippen LogP contribution >= 0.6 is 11.3 Å². The number of nitrogens with zero attached hydrogens (tertiary/aromatic N) is 3. The number of fused-ring (bicyclic) bond motifs is 1. The van der Waals surface area contributed by atoms with E-state index in [1.54, 1.807) is 11.3 Å². The van der Waals surface area contributed by atoms with Crippen molar-refractivity contribution in [1.29, 1.82) is 0 Å². The average Bonchev–Trinajstić information content (AvgIpc) is 2.38. The average molecular weight is 277 g/mol. The molecule has 1 aliphatic rings. The summed E-state index contributed by atoms with van der Waals surface area (Å²) in [4.78, 5) is 22.8. The molecular formula is C13H15N3O2S. The van der Waals surface area contributed by atoms with E-state index in [0.717, 1.165) is 34.3 Å². The maximum Gasteiger partial charge on any atom is 0.282 e. The van der Waals surface area contributed by atoms with E-state index in [1.807, 2.05) is 19.9 Å².